The Bertz CT molecular complexity index is 368. The third kappa shape index (κ3) is 1.77. The van der Waals surface area contributed by atoms with Crippen molar-refractivity contribution in [3.63, 3.8) is 0 Å². The molecule has 0 fully saturated rings. The Morgan fingerprint density at radius 2 is 2.27 bits per heavy atom. The molecule has 0 aliphatic carbocycles. The molecule has 2 N–H and O–H groups in total. The molecule has 4 heteroatoms. The lowest BCUT2D eigenvalue weighted by Gasteiger charge is -2.12. The molecule has 0 spiro atoms. The molecule has 0 saturated carbocycles. The number of halogens is 1. The fourth-order valence-electron chi connectivity index (χ4n) is 1.74. The van der Waals surface area contributed by atoms with Crippen LogP contribution in [-0.2, 0) is 0 Å². The zero-order valence-corrected chi connectivity index (χ0v) is 8.63. The SMILES string of the molecule is CC(CCN)c1ccc2c(c1F)OCO2. The van der Waals surface area contributed by atoms with Crippen LogP contribution in [0.15, 0.2) is 12.1 Å². The summed E-state index contributed by atoms with van der Waals surface area (Å²) in [7, 11) is 0. The Morgan fingerprint density at radius 1 is 1.47 bits per heavy atom. The maximum atomic E-state index is 13.9. The predicted molar refractivity (Wildman–Crippen MR) is 54.6 cm³/mol. The van der Waals surface area contributed by atoms with E-state index >= 15 is 0 Å². The summed E-state index contributed by atoms with van der Waals surface area (Å²) in [5, 5.41) is 0. The Morgan fingerprint density at radius 3 is 3.00 bits per heavy atom. The van der Waals surface area contributed by atoms with E-state index in [1.807, 2.05) is 6.92 Å². The highest BCUT2D eigenvalue weighted by molar-refractivity contribution is 5.46. The Balaban J connectivity index is 2.33. The first-order valence-corrected chi connectivity index (χ1v) is 5.02. The third-order valence-corrected chi connectivity index (χ3v) is 2.64. The van der Waals surface area contributed by atoms with Crippen molar-refractivity contribution in [1.29, 1.82) is 0 Å². The molecule has 15 heavy (non-hydrogen) atoms. The summed E-state index contributed by atoms with van der Waals surface area (Å²) in [6, 6.07) is 3.48. The summed E-state index contributed by atoms with van der Waals surface area (Å²) in [6.45, 7) is 2.60. The van der Waals surface area contributed by atoms with Gasteiger partial charge in [0, 0.05) is 0 Å². The van der Waals surface area contributed by atoms with E-state index < -0.39 is 0 Å². The molecular weight excluding hydrogens is 197 g/mol. The van der Waals surface area contributed by atoms with E-state index in [1.165, 1.54) is 0 Å². The first kappa shape index (κ1) is 10.2. The van der Waals surface area contributed by atoms with Gasteiger partial charge < -0.3 is 15.2 Å². The molecule has 1 aromatic rings. The van der Waals surface area contributed by atoms with Crippen LogP contribution in [0, 0.1) is 5.82 Å². The average Bonchev–Trinajstić information content (AvgIpc) is 2.67. The fourth-order valence-corrected chi connectivity index (χ4v) is 1.74. The van der Waals surface area contributed by atoms with Gasteiger partial charge in [0.15, 0.2) is 11.6 Å². The Kier molecular flexibility index (Phi) is 2.77. The summed E-state index contributed by atoms with van der Waals surface area (Å²) in [6.07, 6.45) is 0.760. The normalized spacial score (nSPS) is 15.4. The number of benzene rings is 1. The number of hydrogen-bond acceptors (Lipinski definition) is 3. The molecular formula is C11H14FNO2. The van der Waals surface area contributed by atoms with Crippen LogP contribution in [0.1, 0.15) is 24.8 Å². The minimum Gasteiger partial charge on any atom is -0.453 e. The molecule has 0 bridgehead atoms. The van der Waals surface area contributed by atoms with Crippen LogP contribution < -0.4 is 15.2 Å². The molecule has 0 aromatic heterocycles. The van der Waals surface area contributed by atoms with Gasteiger partial charge in [-0.05, 0) is 30.5 Å². The average molecular weight is 211 g/mol. The van der Waals surface area contributed by atoms with Gasteiger partial charge in [-0.3, -0.25) is 0 Å². The van der Waals surface area contributed by atoms with Gasteiger partial charge in [0.25, 0.3) is 0 Å². The summed E-state index contributed by atoms with van der Waals surface area (Å²) in [5.41, 5.74) is 6.09. The van der Waals surface area contributed by atoms with Gasteiger partial charge in [-0.15, -0.1) is 0 Å². The van der Waals surface area contributed by atoms with Crippen LogP contribution in [0.4, 0.5) is 4.39 Å². The van der Waals surface area contributed by atoms with E-state index in [2.05, 4.69) is 0 Å². The lowest BCUT2D eigenvalue weighted by molar-refractivity contribution is 0.170. The summed E-state index contributed by atoms with van der Waals surface area (Å²) in [5.74, 6) is 0.503. The highest BCUT2D eigenvalue weighted by Crippen LogP contribution is 2.38. The van der Waals surface area contributed by atoms with Gasteiger partial charge in [0.1, 0.15) is 0 Å². The smallest absolute Gasteiger partial charge is 0.231 e. The quantitative estimate of drug-likeness (QED) is 0.831. The molecule has 0 saturated heterocycles. The van der Waals surface area contributed by atoms with Crippen molar-refractivity contribution in [3.05, 3.63) is 23.5 Å². The maximum Gasteiger partial charge on any atom is 0.231 e. The molecule has 1 atom stereocenters. The number of fused-ring (bicyclic) bond motifs is 1. The van der Waals surface area contributed by atoms with E-state index in [1.54, 1.807) is 12.1 Å². The molecule has 0 amide bonds. The van der Waals surface area contributed by atoms with E-state index in [4.69, 9.17) is 15.2 Å². The van der Waals surface area contributed by atoms with Crippen molar-refractivity contribution in [2.75, 3.05) is 13.3 Å². The van der Waals surface area contributed by atoms with Crippen LogP contribution in [0.25, 0.3) is 0 Å². The zero-order chi connectivity index (χ0) is 10.8. The van der Waals surface area contributed by atoms with Gasteiger partial charge in [0.05, 0.1) is 0 Å². The van der Waals surface area contributed by atoms with E-state index in [0.29, 0.717) is 17.9 Å². The number of rotatable bonds is 3. The fraction of sp³-hybridized carbons (Fsp3) is 0.455. The molecule has 2 rings (SSSR count). The van der Waals surface area contributed by atoms with Crippen molar-refractivity contribution in [3.8, 4) is 11.5 Å². The van der Waals surface area contributed by atoms with Gasteiger partial charge in [-0.2, -0.15) is 0 Å². The highest BCUT2D eigenvalue weighted by Gasteiger charge is 2.22. The second-order valence-corrected chi connectivity index (χ2v) is 3.68. The first-order valence-electron chi connectivity index (χ1n) is 5.02. The topological polar surface area (TPSA) is 44.5 Å². The predicted octanol–water partition coefficient (Wildman–Crippen LogP) is 2.01. The van der Waals surface area contributed by atoms with E-state index in [-0.39, 0.29) is 24.3 Å². The van der Waals surface area contributed by atoms with Crippen LogP contribution >= 0.6 is 0 Å². The van der Waals surface area contributed by atoms with Crippen LogP contribution in [0.2, 0.25) is 0 Å². The number of hydrogen-bond donors (Lipinski definition) is 1. The van der Waals surface area contributed by atoms with Gasteiger partial charge in [-0.25, -0.2) is 4.39 Å². The summed E-state index contributed by atoms with van der Waals surface area (Å²) in [4.78, 5) is 0. The van der Waals surface area contributed by atoms with Crippen LogP contribution in [0.5, 0.6) is 11.5 Å². The second kappa shape index (κ2) is 4.06. The van der Waals surface area contributed by atoms with Crippen molar-refractivity contribution in [2.45, 2.75) is 19.3 Å². The van der Waals surface area contributed by atoms with E-state index in [9.17, 15) is 4.39 Å². The monoisotopic (exact) mass is 211 g/mol. The second-order valence-electron chi connectivity index (χ2n) is 3.68. The minimum absolute atomic E-state index is 0.0982. The molecule has 1 heterocycles. The van der Waals surface area contributed by atoms with Crippen LogP contribution in [0.3, 0.4) is 0 Å². The molecule has 82 valence electrons. The Labute approximate surface area is 88.0 Å². The van der Waals surface area contributed by atoms with Crippen molar-refractivity contribution in [1.82, 2.24) is 0 Å². The van der Waals surface area contributed by atoms with Gasteiger partial charge in [0.2, 0.25) is 12.5 Å². The lowest BCUT2D eigenvalue weighted by atomic mass is 9.97. The standard InChI is InChI=1S/C11H14FNO2/c1-7(4-5-13)8-2-3-9-11(10(8)12)15-6-14-9/h2-3,7H,4-6,13H2,1H3. The van der Waals surface area contributed by atoms with Crippen LogP contribution in [-0.4, -0.2) is 13.3 Å². The lowest BCUT2D eigenvalue weighted by Crippen LogP contribution is -2.06. The highest BCUT2D eigenvalue weighted by atomic mass is 19.1. The minimum atomic E-state index is -0.314. The molecule has 1 aliphatic heterocycles. The largest absolute Gasteiger partial charge is 0.453 e. The third-order valence-electron chi connectivity index (χ3n) is 2.64. The molecule has 1 unspecified atom stereocenters. The molecule has 3 nitrogen and oxygen atoms in total. The number of nitrogens with two attached hydrogens (primary N) is 1. The molecule has 1 aliphatic rings. The van der Waals surface area contributed by atoms with Crippen molar-refractivity contribution in [2.24, 2.45) is 5.73 Å². The molecule has 1 aromatic carbocycles. The maximum absolute atomic E-state index is 13.9. The van der Waals surface area contributed by atoms with E-state index in [0.717, 1.165) is 6.42 Å². The van der Waals surface area contributed by atoms with Crippen molar-refractivity contribution < 1.29 is 13.9 Å². The first-order chi connectivity index (χ1) is 7.24. The van der Waals surface area contributed by atoms with Gasteiger partial charge >= 0.3 is 0 Å². The summed E-state index contributed by atoms with van der Waals surface area (Å²) >= 11 is 0. The molecule has 0 radical (unpaired) electrons. The zero-order valence-electron chi connectivity index (χ0n) is 8.63. The Hall–Kier alpha value is -1.29. The summed E-state index contributed by atoms with van der Waals surface area (Å²) < 4.78 is 24.1. The number of ether oxygens (including phenoxy) is 2. The van der Waals surface area contributed by atoms with Crippen molar-refractivity contribution >= 4 is 0 Å². The van der Waals surface area contributed by atoms with Gasteiger partial charge in [-0.1, -0.05) is 13.0 Å².